The fourth-order valence-corrected chi connectivity index (χ4v) is 4.25. The zero-order chi connectivity index (χ0) is 20.5. The van der Waals surface area contributed by atoms with Crippen molar-refractivity contribution in [2.24, 2.45) is 5.73 Å². The lowest BCUT2D eigenvalue weighted by molar-refractivity contribution is 0.0966. The first-order chi connectivity index (χ1) is 14.7. The van der Waals surface area contributed by atoms with Crippen molar-refractivity contribution in [2.75, 3.05) is 5.32 Å². The van der Waals surface area contributed by atoms with Crippen molar-refractivity contribution in [3.05, 3.63) is 59.5 Å². The van der Waals surface area contributed by atoms with Crippen LogP contribution in [0.2, 0.25) is 0 Å². The van der Waals surface area contributed by atoms with Gasteiger partial charge in [0.2, 0.25) is 5.95 Å². The van der Waals surface area contributed by atoms with Crippen LogP contribution in [0.5, 0.6) is 0 Å². The number of carbonyl (C=O) groups excluding carboxylic acids is 1. The van der Waals surface area contributed by atoms with Crippen LogP contribution in [0.3, 0.4) is 0 Å². The summed E-state index contributed by atoms with van der Waals surface area (Å²) in [7, 11) is 0. The van der Waals surface area contributed by atoms with Crippen molar-refractivity contribution in [3.8, 4) is 11.3 Å². The van der Waals surface area contributed by atoms with E-state index in [2.05, 4.69) is 32.8 Å². The summed E-state index contributed by atoms with van der Waals surface area (Å²) in [5.74, 6) is 0.384. The number of benzene rings is 1. The second-order valence-electron chi connectivity index (χ2n) is 8.01. The Bertz CT molecular complexity index is 1060. The first kappa shape index (κ1) is 18.7. The normalized spacial score (nSPS) is 20.6. The Labute approximate surface area is 174 Å². The van der Waals surface area contributed by atoms with Gasteiger partial charge in [0.1, 0.15) is 0 Å². The zero-order valence-corrected chi connectivity index (χ0v) is 16.7. The second-order valence-corrected chi connectivity index (χ2v) is 8.01. The maximum absolute atomic E-state index is 12.5. The molecule has 5 rings (SSSR count). The molecule has 154 valence electrons. The van der Waals surface area contributed by atoms with Crippen molar-refractivity contribution < 1.29 is 4.79 Å². The molecule has 2 aromatic heterocycles. The molecule has 30 heavy (non-hydrogen) atoms. The molecule has 0 spiro atoms. The monoisotopic (exact) mass is 403 g/mol. The minimum absolute atomic E-state index is 0.0902. The Hall–Kier alpha value is -3.26. The Balaban J connectivity index is 1.47. The van der Waals surface area contributed by atoms with Crippen LogP contribution in [0.1, 0.15) is 47.3 Å². The highest BCUT2D eigenvalue weighted by Gasteiger charge is 2.29. The Morgan fingerprint density at radius 2 is 2.00 bits per heavy atom. The molecule has 0 bridgehead atoms. The lowest BCUT2D eigenvalue weighted by Crippen LogP contribution is -2.43. The summed E-state index contributed by atoms with van der Waals surface area (Å²) >= 11 is 0. The highest BCUT2D eigenvalue weighted by Crippen LogP contribution is 2.29. The van der Waals surface area contributed by atoms with Crippen LogP contribution < -0.4 is 16.4 Å². The molecule has 4 N–H and O–H groups in total. The van der Waals surface area contributed by atoms with Gasteiger partial charge in [-0.05, 0) is 18.4 Å². The van der Waals surface area contributed by atoms with Gasteiger partial charge in [-0.1, -0.05) is 43.2 Å². The fourth-order valence-electron chi connectivity index (χ4n) is 4.25. The minimum atomic E-state index is -0.142. The molecule has 1 fully saturated rings. The predicted molar refractivity (Wildman–Crippen MR) is 114 cm³/mol. The maximum Gasteiger partial charge on any atom is 0.255 e. The quantitative estimate of drug-likeness (QED) is 0.603. The van der Waals surface area contributed by atoms with Crippen molar-refractivity contribution in [3.63, 3.8) is 0 Å². The highest BCUT2D eigenvalue weighted by atomic mass is 16.1. The third kappa shape index (κ3) is 3.66. The van der Waals surface area contributed by atoms with Gasteiger partial charge in [0.05, 0.1) is 36.2 Å². The summed E-state index contributed by atoms with van der Waals surface area (Å²) in [6.45, 7) is 1.07. The van der Waals surface area contributed by atoms with Crippen LogP contribution in [0.4, 0.5) is 5.95 Å². The van der Waals surface area contributed by atoms with E-state index < -0.39 is 0 Å². The summed E-state index contributed by atoms with van der Waals surface area (Å²) in [6.07, 6.45) is 8.00. The third-order valence-electron chi connectivity index (χ3n) is 5.86. The number of nitrogens with zero attached hydrogens (tertiary/aromatic N) is 4. The predicted octanol–water partition coefficient (Wildman–Crippen LogP) is 2.31. The molecule has 2 aliphatic rings. The van der Waals surface area contributed by atoms with E-state index in [0.717, 1.165) is 36.8 Å². The molecule has 1 amide bonds. The number of nitrogens with two attached hydrogens (primary N) is 1. The first-order valence-electron chi connectivity index (χ1n) is 10.5. The summed E-state index contributed by atoms with van der Waals surface area (Å²) in [6, 6.07) is 10.4. The van der Waals surface area contributed by atoms with Crippen LogP contribution in [0, 0.1) is 0 Å². The van der Waals surface area contributed by atoms with Gasteiger partial charge in [-0.25, -0.2) is 9.97 Å². The van der Waals surface area contributed by atoms with Crippen molar-refractivity contribution >= 4 is 11.9 Å². The van der Waals surface area contributed by atoms with Gasteiger partial charge in [0, 0.05) is 23.8 Å². The summed E-state index contributed by atoms with van der Waals surface area (Å²) in [4.78, 5) is 21.8. The van der Waals surface area contributed by atoms with E-state index in [1.54, 1.807) is 6.20 Å². The lowest BCUT2D eigenvalue weighted by atomic mass is 9.91. The number of anilines is 1. The average Bonchev–Trinajstić information content (AvgIpc) is 3.37. The molecule has 3 aromatic rings. The van der Waals surface area contributed by atoms with Gasteiger partial charge < -0.3 is 16.4 Å². The van der Waals surface area contributed by atoms with E-state index in [9.17, 15) is 4.79 Å². The molecule has 0 radical (unpaired) electrons. The molecule has 3 heterocycles. The Morgan fingerprint density at radius 3 is 2.83 bits per heavy atom. The van der Waals surface area contributed by atoms with Crippen LogP contribution in [-0.4, -0.2) is 37.7 Å². The molecule has 8 heteroatoms. The van der Waals surface area contributed by atoms with Gasteiger partial charge >= 0.3 is 0 Å². The van der Waals surface area contributed by atoms with Crippen molar-refractivity contribution in [1.29, 1.82) is 0 Å². The van der Waals surface area contributed by atoms with E-state index in [4.69, 9.17) is 10.7 Å². The van der Waals surface area contributed by atoms with Crippen molar-refractivity contribution in [2.45, 2.75) is 50.9 Å². The van der Waals surface area contributed by atoms with E-state index in [0.29, 0.717) is 36.0 Å². The Kier molecular flexibility index (Phi) is 4.92. The summed E-state index contributed by atoms with van der Waals surface area (Å²) in [5, 5.41) is 10.8. The number of aromatic nitrogens is 4. The number of amides is 1. The summed E-state index contributed by atoms with van der Waals surface area (Å²) in [5.41, 5.74) is 10.1. The number of nitrogens with one attached hydrogen (secondary N) is 2. The molecule has 1 saturated carbocycles. The number of fused-ring (bicyclic) bond motifs is 1. The number of hydrogen-bond acceptors (Lipinski definition) is 6. The average molecular weight is 403 g/mol. The van der Waals surface area contributed by atoms with Gasteiger partial charge in [0.25, 0.3) is 5.91 Å². The van der Waals surface area contributed by atoms with Crippen molar-refractivity contribution in [1.82, 2.24) is 25.1 Å². The van der Waals surface area contributed by atoms with E-state index in [1.165, 1.54) is 0 Å². The topological polar surface area (TPSA) is 111 Å². The first-order valence-corrected chi connectivity index (χ1v) is 10.5. The molecule has 8 nitrogen and oxygen atoms in total. The summed E-state index contributed by atoms with van der Waals surface area (Å²) < 4.78 is 1.86. The SMILES string of the molecule is NC1CCCC[C@H]1Nc1nc2c(c(-c3cnn(Cc4ccccc4)c3)n1)C(=O)NC2. The minimum Gasteiger partial charge on any atom is -0.350 e. The lowest BCUT2D eigenvalue weighted by Gasteiger charge is -2.29. The van der Waals surface area contributed by atoms with Gasteiger partial charge in [-0.2, -0.15) is 5.10 Å². The molecule has 0 saturated heterocycles. The fraction of sp³-hybridized carbons (Fsp3) is 0.364. The standard InChI is InChI=1S/C22H25N7O/c23-16-8-4-5-9-17(16)26-22-27-18-11-24-21(30)19(18)20(28-22)15-10-25-29(13-15)12-14-6-2-1-3-7-14/h1-3,6-7,10,13,16-17H,4-5,8-9,11-12,23H2,(H,24,30)(H,26,27,28)/t16?,17-/m1/s1. The molecule has 1 aliphatic heterocycles. The van der Waals surface area contributed by atoms with Gasteiger partial charge in [-0.15, -0.1) is 0 Å². The van der Waals surface area contributed by atoms with Crippen LogP contribution >= 0.6 is 0 Å². The van der Waals surface area contributed by atoms with E-state index in [-0.39, 0.29) is 18.0 Å². The number of hydrogen-bond donors (Lipinski definition) is 3. The van der Waals surface area contributed by atoms with E-state index >= 15 is 0 Å². The van der Waals surface area contributed by atoms with E-state index in [1.807, 2.05) is 29.1 Å². The smallest absolute Gasteiger partial charge is 0.255 e. The van der Waals surface area contributed by atoms with Crippen LogP contribution in [-0.2, 0) is 13.1 Å². The number of rotatable bonds is 5. The molecule has 1 aromatic carbocycles. The largest absolute Gasteiger partial charge is 0.350 e. The van der Waals surface area contributed by atoms with Crippen LogP contribution in [0.15, 0.2) is 42.7 Å². The van der Waals surface area contributed by atoms with Gasteiger partial charge in [0.15, 0.2) is 0 Å². The Morgan fingerprint density at radius 1 is 1.17 bits per heavy atom. The van der Waals surface area contributed by atoms with Crippen LogP contribution in [0.25, 0.3) is 11.3 Å². The zero-order valence-electron chi connectivity index (χ0n) is 16.7. The molecule has 1 unspecified atom stereocenters. The highest BCUT2D eigenvalue weighted by molar-refractivity contribution is 6.03. The third-order valence-corrected chi connectivity index (χ3v) is 5.86. The molecule has 1 aliphatic carbocycles. The second kappa shape index (κ2) is 7.87. The maximum atomic E-state index is 12.5. The molecular weight excluding hydrogens is 378 g/mol. The molecule has 2 atom stereocenters. The molecular formula is C22H25N7O. The van der Waals surface area contributed by atoms with Gasteiger partial charge in [-0.3, -0.25) is 9.48 Å². The number of carbonyl (C=O) groups is 1.